The van der Waals surface area contributed by atoms with Gasteiger partial charge in [-0.15, -0.1) is 0 Å². The average Bonchev–Trinajstić information content (AvgIpc) is 2.76. The summed E-state index contributed by atoms with van der Waals surface area (Å²) in [4.78, 5) is 13.6. The number of hydrogen-bond acceptors (Lipinski definition) is 4. The van der Waals surface area contributed by atoms with Gasteiger partial charge in [0.15, 0.2) is 5.66 Å². The Labute approximate surface area is 132 Å². The van der Waals surface area contributed by atoms with Gasteiger partial charge in [-0.05, 0) is 30.7 Å². The summed E-state index contributed by atoms with van der Waals surface area (Å²) >= 11 is 3.51. The molecule has 2 heterocycles. The number of aromatic nitrogens is 1. The number of pyridine rings is 1. The van der Waals surface area contributed by atoms with Crippen LogP contribution in [0.3, 0.4) is 0 Å². The van der Waals surface area contributed by atoms with Crippen LogP contribution in [0.5, 0.6) is 0 Å². The Kier molecular flexibility index (Phi) is 3.59. The molecule has 0 spiro atoms. The highest BCUT2D eigenvalue weighted by molar-refractivity contribution is 9.10. The van der Waals surface area contributed by atoms with Crippen molar-refractivity contribution in [1.29, 1.82) is 0 Å². The average molecular weight is 343 g/mol. The van der Waals surface area contributed by atoms with Crippen LogP contribution in [0.1, 0.15) is 18.1 Å². The maximum atomic E-state index is 5.97. The minimum atomic E-state index is -0.693. The number of rotatable bonds is 3. The van der Waals surface area contributed by atoms with Crippen molar-refractivity contribution in [3.63, 3.8) is 0 Å². The number of nitrogens with zero attached hydrogens (tertiary/aromatic N) is 3. The maximum Gasteiger partial charge on any atom is 0.182 e. The monoisotopic (exact) mass is 342 g/mol. The zero-order valence-electron chi connectivity index (χ0n) is 11.6. The van der Waals surface area contributed by atoms with E-state index in [-0.39, 0.29) is 0 Å². The third kappa shape index (κ3) is 2.74. The fraction of sp³-hybridized carbons (Fsp3) is 0.188. The van der Waals surface area contributed by atoms with E-state index in [4.69, 9.17) is 10.7 Å². The minimum absolute atomic E-state index is 0.499. The van der Waals surface area contributed by atoms with Crippen molar-refractivity contribution in [3.8, 4) is 0 Å². The molecule has 2 N–H and O–H groups in total. The van der Waals surface area contributed by atoms with E-state index >= 15 is 0 Å². The van der Waals surface area contributed by atoms with Gasteiger partial charge >= 0.3 is 0 Å². The fourth-order valence-corrected chi connectivity index (χ4v) is 2.87. The van der Waals surface area contributed by atoms with E-state index in [0.29, 0.717) is 12.3 Å². The Morgan fingerprint density at radius 2 is 2.05 bits per heavy atom. The summed E-state index contributed by atoms with van der Waals surface area (Å²) in [6, 6.07) is 12.0. The van der Waals surface area contributed by atoms with Crippen molar-refractivity contribution in [2.45, 2.75) is 19.0 Å². The van der Waals surface area contributed by atoms with E-state index in [1.54, 1.807) is 6.20 Å². The third-order valence-corrected chi connectivity index (χ3v) is 3.98. The van der Waals surface area contributed by atoms with Crippen LogP contribution >= 0.6 is 15.9 Å². The van der Waals surface area contributed by atoms with E-state index in [0.717, 1.165) is 21.3 Å². The van der Waals surface area contributed by atoms with Gasteiger partial charge in [0.2, 0.25) is 0 Å². The van der Waals surface area contributed by atoms with Gasteiger partial charge < -0.3 is 5.73 Å². The molecule has 1 aromatic heterocycles. The van der Waals surface area contributed by atoms with Crippen LogP contribution in [0.2, 0.25) is 0 Å². The first kappa shape index (κ1) is 13.9. The highest BCUT2D eigenvalue weighted by Gasteiger charge is 2.36. The quantitative estimate of drug-likeness (QED) is 0.931. The van der Waals surface area contributed by atoms with Crippen LogP contribution in [0.25, 0.3) is 0 Å². The molecular formula is C16H15BrN4. The van der Waals surface area contributed by atoms with Crippen LogP contribution in [0, 0.1) is 0 Å². The number of hydrogen-bond donors (Lipinski definition) is 1. The lowest BCUT2D eigenvalue weighted by molar-refractivity contribution is 0.478. The van der Waals surface area contributed by atoms with Crippen molar-refractivity contribution in [2.24, 2.45) is 15.7 Å². The van der Waals surface area contributed by atoms with Gasteiger partial charge in [0.1, 0.15) is 5.84 Å². The molecule has 1 aliphatic heterocycles. The van der Waals surface area contributed by atoms with Crippen molar-refractivity contribution in [2.75, 3.05) is 0 Å². The Balaban J connectivity index is 2.09. The predicted molar refractivity (Wildman–Crippen MR) is 88.5 cm³/mol. The molecule has 4 nitrogen and oxygen atoms in total. The molecule has 1 aromatic carbocycles. The number of halogens is 1. The number of aliphatic imine (C=N–C) groups is 2. The predicted octanol–water partition coefficient (Wildman–Crippen LogP) is 3.07. The van der Waals surface area contributed by atoms with E-state index in [2.05, 4.69) is 25.9 Å². The lowest BCUT2D eigenvalue weighted by Crippen LogP contribution is -2.23. The van der Waals surface area contributed by atoms with Gasteiger partial charge in [-0.3, -0.25) is 9.98 Å². The molecular weight excluding hydrogens is 328 g/mol. The van der Waals surface area contributed by atoms with Gasteiger partial charge in [-0.2, -0.15) is 0 Å². The molecule has 0 fully saturated rings. The van der Waals surface area contributed by atoms with Crippen molar-refractivity contribution >= 4 is 27.5 Å². The molecule has 1 unspecified atom stereocenters. The highest BCUT2D eigenvalue weighted by atomic mass is 79.9. The van der Waals surface area contributed by atoms with E-state index in [9.17, 15) is 0 Å². The van der Waals surface area contributed by atoms with Crippen molar-refractivity contribution in [1.82, 2.24) is 4.98 Å². The molecule has 0 saturated carbocycles. The van der Waals surface area contributed by atoms with Crippen molar-refractivity contribution in [3.05, 3.63) is 64.4 Å². The Bertz CT molecular complexity index is 704. The normalized spacial score (nSPS) is 21.0. The highest BCUT2D eigenvalue weighted by Crippen LogP contribution is 2.36. The fourth-order valence-electron chi connectivity index (χ4n) is 2.47. The topological polar surface area (TPSA) is 63.6 Å². The van der Waals surface area contributed by atoms with Gasteiger partial charge in [0.25, 0.3) is 0 Å². The van der Waals surface area contributed by atoms with Crippen LogP contribution in [-0.4, -0.2) is 16.5 Å². The van der Waals surface area contributed by atoms with Crippen molar-refractivity contribution < 1.29 is 0 Å². The lowest BCUT2D eigenvalue weighted by Gasteiger charge is -2.24. The number of nitrogens with two attached hydrogens (primary N) is 1. The largest absolute Gasteiger partial charge is 0.382 e. The Hall–Kier alpha value is -2.01. The third-order valence-electron chi connectivity index (χ3n) is 3.49. The summed E-state index contributed by atoms with van der Waals surface area (Å²) in [7, 11) is 0. The minimum Gasteiger partial charge on any atom is -0.382 e. The van der Waals surface area contributed by atoms with Gasteiger partial charge in [-0.25, -0.2) is 4.99 Å². The maximum absolute atomic E-state index is 5.97. The zero-order chi connectivity index (χ0) is 14.9. The Morgan fingerprint density at radius 3 is 2.67 bits per heavy atom. The van der Waals surface area contributed by atoms with E-state index in [1.165, 1.54) is 0 Å². The summed E-state index contributed by atoms with van der Waals surface area (Å²) in [5.41, 5.74) is 8.15. The molecule has 0 bridgehead atoms. The first-order valence-electron chi connectivity index (χ1n) is 6.66. The smallest absolute Gasteiger partial charge is 0.182 e. The molecule has 0 amide bonds. The molecule has 3 rings (SSSR count). The molecule has 1 atom stereocenters. The molecule has 106 valence electrons. The first-order chi connectivity index (χ1) is 10.1. The van der Waals surface area contributed by atoms with Crippen LogP contribution < -0.4 is 5.73 Å². The molecule has 5 heteroatoms. The van der Waals surface area contributed by atoms with Gasteiger partial charge in [-0.1, -0.05) is 34.1 Å². The summed E-state index contributed by atoms with van der Waals surface area (Å²) in [6.45, 7) is 1.89. The molecule has 0 aliphatic carbocycles. The molecule has 2 aromatic rings. The SMILES string of the molecule is CC1=NC(Cc2cccnc2)(c2cccc(Br)c2)N=C1N. The van der Waals surface area contributed by atoms with Crippen LogP contribution in [0.4, 0.5) is 0 Å². The van der Waals surface area contributed by atoms with E-state index < -0.39 is 5.66 Å². The molecule has 0 saturated heterocycles. The van der Waals surface area contributed by atoms with Gasteiger partial charge in [0, 0.05) is 28.9 Å². The summed E-state index contributed by atoms with van der Waals surface area (Å²) in [5, 5.41) is 0. The molecule has 1 aliphatic rings. The summed E-state index contributed by atoms with van der Waals surface area (Å²) < 4.78 is 0.999. The van der Waals surface area contributed by atoms with Crippen LogP contribution in [-0.2, 0) is 12.1 Å². The van der Waals surface area contributed by atoms with Crippen LogP contribution in [0.15, 0.2) is 63.2 Å². The number of benzene rings is 1. The second-order valence-electron chi connectivity index (χ2n) is 5.06. The summed E-state index contributed by atoms with van der Waals surface area (Å²) in [5.74, 6) is 0.499. The second kappa shape index (κ2) is 5.41. The second-order valence-corrected chi connectivity index (χ2v) is 5.97. The Morgan fingerprint density at radius 1 is 1.19 bits per heavy atom. The standard InChI is InChI=1S/C16H15BrN4/c1-11-15(18)21-16(20-11,9-12-4-3-7-19-10-12)13-5-2-6-14(17)8-13/h2-8,10H,9H2,1H3,(H2,18,21). The number of amidine groups is 1. The lowest BCUT2D eigenvalue weighted by atomic mass is 9.94. The molecule has 0 radical (unpaired) electrons. The van der Waals surface area contributed by atoms with Gasteiger partial charge in [0.05, 0.1) is 5.71 Å². The first-order valence-corrected chi connectivity index (χ1v) is 7.45. The molecule has 21 heavy (non-hydrogen) atoms. The zero-order valence-corrected chi connectivity index (χ0v) is 13.2. The summed E-state index contributed by atoms with van der Waals surface area (Å²) in [6.07, 6.45) is 4.24. The van der Waals surface area contributed by atoms with E-state index in [1.807, 2.05) is 49.5 Å².